The van der Waals surface area contributed by atoms with Crippen LogP contribution in [0.1, 0.15) is 24.6 Å². The predicted molar refractivity (Wildman–Crippen MR) is 118 cm³/mol. The Kier molecular flexibility index (Phi) is 5.61. The number of hydrogen-bond acceptors (Lipinski definition) is 3. The third-order valence-corrected chi connectivity index (χ3v) is 4.84. The van der Waals surface area contributed by atoms with Gasteiger partial charge in [-0.3, -0.25) is 4.79 Å². The first-order valence-corrected chi connectivity index (χ1v) is 9.92. The summed E-state index contributed by atoms with van der Waals surface area (Å²) in [6, 6.07) is 24.2. The van der Waals surface area contributed by atoms with Crippen LogP contribution in [0.4, 0.5) is 5.82 Å². The molecule has 0 aliphatic heterocycles. The van der Waals surface area contributed by atoms with Crippen molar-refractivity contribution in [1.82, 2.24) is 9.97 Å². The number of nitrogens with one attached hydrogen (secondary N) is 1. The number of aryl methyl sites for hydroxylation is 1. The molecule has 1 N–H and O–H groups in total. The van der Waals surface area contributed by atoms with Gasteiger partial charge in [0.25, 0.3) is 0 Å². The number of aromatic nitrogens is 2. The first kappa shape index (κ1) is 18.8. The molecule has 0 saturated carbocycles. The average Bonchev–Trinajstić information content (AvgIpc) is 2.75. The fraction of sp³-hybridized carbons (Fsp3) is 0.160. The van der Waals surface area contributed by atoms with Gasteiger partial charge in [0, 0.05) is 5.56 Å². The summed E-state index contributed by atoms with van der Waals surface area (Å²) in [6.07, 6.45) is 3.72. The van der Waals surface area contributed by atoms with E-state index in [9.17, 15) is 4.79 Å². The molecule has 0 aliphatic carbocycles. The van der Waals surface area contributed by atoms with Crippen molar-refractivity contribution in [2.75, 3.05) is 5.32 Å². The summed E-state index contributed by atoms with van der Waals surface area (Å²) in [5, 5.41) is 5.26. The number of carbonyl (C=O) groups excluding carboxylic acids is 1. The summed E-state index contributed by atoms with van der Waals surface area (Å²) in [4.78, 5) is 21.9. The average molecular weight is 381 g/mol. The molecule has 1 heterocycles. The molecular weight excluding hydrogens is 358 g/mol. The van der Waals surface area contributed by atoms with E-state index < -0.39 is 0 Å². The molecule has 4 heteroatoms. The van der Waals surface area contributed by atoms with E-state index >= 15 is 0 Å². The van der Waals surface area contributed by atoms with E-state index in [-0.39, 0.29) is 5.91 Å². The van der Waals surface area contributed by atoms with Gasteiger partial charge in [0.15, 0.2) is 5.82 Å². The maximum absolute atomic E-state index is 12.7. The second-order valence-corrected chi connectivity index (χ2v) is 7.07. The van der Waals surface area contributed by atoms with Crippen LogP contribution < -0.4 is 5.32 Å². The summed E-state index contributed by atoms with van der Waals surface area (Å²) in [6.45, 7) is 2.09. The minimum atomic E-state index is -0.0839. The highest BCUT2D eigenvalue weighted by Crippen LogP contribution is 2.21. The third-order valence-electron chi connectivity index (χ3n) is 4.84. The van der Waals surface area contributed by atoms with Crippen molar-refractivity contribution in [3.63, 3.8) is 0 Å². The van der Waals surface area contributed by atoms with Gasteiger partial charge in [0.1, 0.15) is 0 Å². The van der Waals surface area contributed by atoms with Gasteiger partial charge < -0.3 is 5.32 Å². The van der Waals surface area contributed by atoms with Gasteiger partial charge in [0.05, 0.1) is 24.0 Å². The Hall–Kier alpha value is -3.53. The van der Waals surface area contributed by atoms with Crippen LogP contribution in [0.3, 0.4) is 0 Å². The van der Waals surface area contributed by atoms with Crippen LogP contribution in [0.25, 0.3) is 22.0 Å². The highest BCUT2D eigenvalue weighted by Gasteiger charge is 2.12. The van der Waals surface area contributed by atoms with Crippen LogP contribution >= 0.6 is 0 Å². The van der Waals surface area contributed by atoms with Crippen molar-refractivity contribution in [3.8, 4) is 11.3 Å². The fourth-order valence-electron chi connectivity index (χ4n) is 3.40. The van der Waals surface area contributed by atoms with E-state index in [2.05, 4.69) is 41.5 Å². The highest BCUT2D eigenvalue weighted by atomic mass is 16.1. The Morgan fingerprint density at radius 2 is 1.69 bits per heavy atom. The summed E-state index contributed by atoms with van der Waals surface area (Å²) in [5.74, 6) is 0.469. The lowest BCUT2D eigenvalue weighted by Crippen LogP contribution is -2.17. The lowest BCUT2D eigenvalue weighted by molar-refractivity contribution is -0.115. The first-order valence-electron chi connectivity index (χ1n) is 9.92. The molecule has 29 heavy (non-hydrogen) atoms. The SMILES string of the molecule is CCCc1nc(-c2ccccc2)cnc1NC(=O)Cc1ccc2ccccc2c1. The van der Waals surface area contributed by atoms with Crippen molar-refractivity contribution < 1.29 is 4.79 Å². The van der Waals surface area contributed by atoms with E-state index in [1.165, 1.54) is 5.39 Å². The summed E-state index contributed by atoms with van der Waals surface area (Å²) in [7, 11) is 0. The maximum atomic E-state index is 12.7. The predicted octanol–water partition coefficient (Wildman–Crippen LogP) is 5.43. The minimum Gasteiger partial charge on any atom is -0.309 e. The number of carbonyl (C=O) groups is 1. The summed E-state index contributed by atoms with van der Waals surface area (Å²) >= 11 is 0. The van der Waals surface area contributed by atoms with Crippen molar-refractivity contribution in [1.29, 1.82) is 0 Å². The monoisotopic (exact) mass is 381 g/mol. The van der Waals surface area contributed by atoms with Gasteiger partial charge in [-0.2, -0.15) is 0 Å². The second kappa shape index (κ2) is 8.65. The van der Waals surface area contributed by atoms with Crippen molar-refractivity contribution >= 4 is 22.5 Å². The molecule has 0 bridgehead atoms. The Bertz CT molecular complexity index is 1140. The molecule has 1 amide bonds. The van der Waals surface area contributed by atoms with E-state index in [1.807, 2.05) is 48.5 Å². The van der Waals surface area contributed by atoms with Crippen LogP contribution in [0.15, 0.2) is 79.0 Å². The number of nitrogens with zero attached hydrogens (tertiary/aromatic N) is 2. The van der Waals surface area contributed by atoms with Gasteiger partial charge in [0.2, 0.25) is 5.91 Å². The summed E-state index contributed by atoms with van der Waals surface area (Å²) < 4.78 is 0. The number of benzene rings is 3. The lowest BCUT2D eigenvalue weighted by atomic mass is 10.0. The molecule has 4 rings (SSSR count). The molecule has 3 aromatic carbocycles. The number of fused-ring (bicyclic) bond motifs is 1. The Balaban J connectivity index is 1.53. The molecule has 0 radical (unpaired) electrons. The maximum Gasteiger partial charge on any atom is 0.229 e. The number of amides is 1. The standard InChI is InChI=1S/C25H23N3O/c1-2-8-22-25(26-17-23(27-22)20-10-4-3-5-11-20)28-24(29)16-18-13-14-19-9-6-7-12-21(19)15-18/h3-7,9-15,17H,2,8,16H2,1H3,(H,26,28,29). The fourth-order valence-corrected chi connectivity index (χ4v) is 3.40. The van der Waals surface area contributed by atoms with E-state index in [4.69, 9.17) is 4.98 Å². The van der Waals surface area contributed by atoms with Gasteiger partial charge >= 0.3 is 0 Å². The van der Waals surface area contributed by atoms with Gasteiger partial charge in [-0.15, -0.1) is 0 Å². The van der Waals surface area contributed by atoms with E-state index in [1.54, 1.807) is 6.20 Å². The topological polar surface area (TPSA) is 54.9 Å². The van der Waals surface area contributed by atoms with E-state index in [0.717, 1.165) is 40.7 Å². The van der Waals surface area contributed by atoms with Crippen molar-refractivity contribution in [2.45, 2.75) is 26.2 Å². The smallest absolute Gasteiger partial charge is 0.229 e. The Morgan fingerprint density at radius 3 is 2.48 bits per heavy atom. The highest BCUT2D eigenvalue weighted by molar-refractivity contribution is 5.93. The zero-order chi connectivity index (χ0) is 20.1. The molecule has 4 aromatic rings. The quantitative estimate of drug-likeness (QED) is 0.484. The van der Waals surface area contributed by atoms with Crippen LogP contribution in [-0.4, -0.2) is 15.9 Å². The van der Waals surface area contributed by atoms with Crippen LogP contribution in [0.5, 0.6) is 0 Å². The van der Waals surface area contributed by atoms with Gasteiger partial charge in [-0.25, -0.2) is 9.97 Å². The number of anilines is 1. The lowest BCUT2D eigenvalue weighted by Gasteiger charge is -2.11. The summed E-state index contributed by atoms with van der Waals surface area (Å²) in [5.41, 5.74) is 3.64. The number of rotatable bonds is 6. The minimum absolute atomic E-state index is 0.0839. The molecule has 0 atom stereocenters. The van der Waals surface area contributed by atoms with Crippen LogP contribution in [-0.2, 0) is 17.6 Å². The molecular formula is C25H23N3O. The van der Waals surface area contributed by atoms with Gasteiger partial charge in [-0.1, -0.05) is 86.1 Å². The molecule has 4 nitrogen and oxygen atoms in total. The molecule has 144 valence electrons. The Labute approximate surface area is 170 Å². The normalized spacial score (nSPS) is 10.8. The largest absolute Gasteiger partial charge is 0.309 e. The molecule has 1 aromatic heterocycles. The molecule has 0 aliphatic rings. The van der Waals surface area contributed by atoms with Crippen molar-refractivity contribution in [3.05, 3.63) is 90.3 Å². The Morgan fingerprint density at radius 1 is 0.931 bits per heavy atom. The molecule has 0 saturated heterocycles. The zero-order valence-corrected chi connectivity index (χ0v) is 16.4. The third kappa shape index (κ3) is 4.49. The van der Waals surface area contributed by atoms with Gasteiger partial charge in [-0.05, 0) is 22.8 Å². The number of hydrogen-bond donors (Lipinski definition) is 1. The molecule has 0 unspecified atom stereocenters. The molecule has 0 spiro atoms. The van der Waals surface area contributed by atoms with Crippen LogP contribution in [0, 0.1) is 0 Å². The first-order chi connectivity index (χ1) is 14.2. The van der Waals surface area contributed by atoms with Crippen molar-refractivity contribution in [2.24, 2.45) is 0 Å². The van der Waals surface area contributed by atoms with E-state index in [0.29, 0.717) is 12.2 Å². The molecule has 0 fully saturated rings. The second-order valence-electron chi connectivity index (χ2n) is 7.07. The zero-order valence-electron chi connectivity index (χ0n) is 16.4. The van der Waals surface area contributed by atoms with Crippen LogP contribution in [0.2, 0.25) is 0 Å².